The Kier molecular flexibility index (Phi) is 5.05. The molecule has 1 aliphatic carbocycles. The molecule has 0 spiro atoms. The number of hydrogen-bond acceptors (Lipinski definition) is 4. The number of carbonyl (C=O) groups excluding carboxylic acids is 1. The molecule has 0 saturated heterocycles. The Morgan fingerprint density at radius 3 is 2.70 bits per heavy atom. The molecule has 0 radical (unpaired) electrons. The first-order valence-corrected chi connectivity index (χ1v) is 9.69. The summed E-state index contributed by atoms with van der Waals surface area (Å²) in [6, 6.07) is 10.3. The molecule has 1 fully saturated rings. The van der Waals surface area contributed by atoms with Gasteiger partial charge in [0, 0.05) is 25.3 Å². The van der Waals surface area contributed by atoms with E-state index in [1.165, 1.54) is 12.8 Å². The summed E-state index contributed by atoms with van der Waals surface area (Å²) < 4.78 is 1.86. The zero-order chi connectivity index (χ0) is 18.6. The van der Waals surface area contributed by atoms with E-state index in [-0.39, 0.29) is 5.91 Å². The van der Waals surface area contributed by atoms with Gasteiger partial charge in [-0.05, 0) is 25.3 Å². The predicted octanol–water partition coefficient (Wildman–Crippen LogP) is 3.74. The van der Waals surface area contributed by atoms with E-state index < -0.39 is 0 Å². The number of rotatable bonds is 6. The second-order valence-corrected chi connectivity index (χ2v) is 7.04. The summed E-state index contributed by atoms with van der Waals surface area (Å²) >= 11 is 0. The van der Waals surface area contributed by atoms with Gasteiger partial charge in [0.2, 0.25) is 0 Å². The lowest BCUT2D eigenvalue weighted by Crippen LogP contribution is -2.25. The van der Waals surface area contributed by atoms with Crippen molar-refractivity contribution in [3.63, 3.8) is 0 Å². The number of aromatic nitrogens is 3. The van der Waals surface area contributed by atoms with Gasteiger partial charge in [-0.15, -0.1) is 0 Å². The molecule has 0 bridgehead atoms. The second kappa shape index (κ2) is 7.78. The third kappa shape index (κ3) is 3.65. The molecule has 2 aromatic heterocycles. The number of nitrogens with zero attached hydrogens (tertiary/aromatic N) is 3. The Morgan fingerprint density at radius 1 is 1.19 bits per heavy atom. The first-order chi connectivity index (χ1) is 13.3. The predicted molar refractivity (Wildman–Crippen MR) is 107 cm³/mol. The standard InChI is InChI=1S/C21H25N5O/c1-2-26-20-17(14-24-26)19(25-16-10-6-7-11-16)18(13-22-20)21(27)23-12-15-8-4-3-5-9-15/h3-5,8-9,13-14,16H,2,6-7,10-12H2,1H3,(H,22,25)(H,23,27). The highest BCUT2D eigenvalue weighted by Crippen LogP contribution is 2.30. The molecule has 1 amide bonds. The lowest BCUT2D eigenvalue weighted by molar-refractivity contribution is 0.0951. The number of carbonyl (C=O) groups is 1. The average molecular weight is 363 g/mol. The quantitative estimate of drug-likeness (QED) is 0.700. The Labute approximate surface area is 159 Å². The molecular formula is C21H25N5O. The number of anilines is 1. The summed E-state index contributed by atoms with van der Waals surface area (Å²) in [6.07, 6.45) is 8.23. The van der Waals surface area contributed by atoms with E-state index in [9.17, 15) is 4.79 Å². The highest BCUT2D eigenvalue weighted by molar-refractivity contribution is 6.06. The van der Waals surface area contributed by atoms with Gasteiger partial charge >= 0.3 is 0 Å². The van der Waals surface area contributed by atoms with Crippen LogP contribution in [-0.2, 0) is 13.1 Å². The van der Waals surface area contributed by atoms with E-state index in [1.807, 2.05) is 48.1 Å². The molecule has 1 saturated carbocycles. The smallest absolute Gasteiger partial charge is 0.255 e. The van der Waals surface area contributed by atoms with Crippen LogP contribution < -0.4 is 10.6 Å². The van der Waals surface area contributed by atoms with E-state index in [4.69, 9.17) is 0 Å². The van der Waals surface area contributed by atoms with E-state index in [1.54, 1.807) is 6.20 Å². The van der Waals surface area contributed by atoms with Gasteiger partial charge < -0.3 is 10.6 Å². The van der Waals surface area contributed by atoms with Crippen LogP contribution in [0.5, 0.6) is 0 Å². The van der Waals surface area contributed by atoms with Gasteiger partial charge in [0.15, 0.2) is 5.65 Å². The molecule has 140 valence electrons. The van der Waals surface area contributed by atoms with Crippen LogP contribution >= 0.6 is 0 Å². The third-order valence-corrected chi connectivity index (χ3v) is 5.21. The maximum Gasteiger partial charge on any atom is 0.255 e. The summed E-state index contributed by atoms with van der Waals surface area (Å²) in [5, 5.41) is 12.0. The van der Waals surface area contributed by atoms with Gasteiger partial charge in [-0.2, -0.15) is 5.10 Å². The summed E-state index contributed by atoms with van der Waals surface area (Å²) in [4.78, 5) is 17.4. The van der Waals surface area contributed by atoms with E-state index in [2.05, 4.69) is 20.7 Å². The maximum absolute atomic E-state index is 12.9. The van der Waals surface area contributed by atoms with E-state index in [0.717, 1.165) is 41.7 Å². The molecule has 27 heavy (non-hydrogen) atoms. The molecule has 3 aromatic rings. The highest BCUT2D eigenvalue weighted by atomic mass is 16.1. The van der Waals surface area contributed by atoms with Gasteiger partial charge in [-0.1, -0.05) is 43.2 Å². The first kappa shape index (κ1) is 17.5. The van der Waals surface area contributed by atoms with Gasteiger partial charge in [0.05, 0.1) is 22.8 Å². The maximum atomic E-state index is 12.9. The van der Waals surface area contributed by atoms with Crippen molar-refractivity contribution in [1.29, 1.82) is 0 Å². The van der Waals surface area contributed by atoms with E-state index in [0.29, 0.717) is 18.2 Å². The van der Waals surface area contributed by atoms with Crippen LogP contribution in [0.15, 0.2) is 42.7 Å². The lowest BCUT2D eigenvalue weighted by atomic mass is 10.1. The number of hydrogen-bond donors (Lipinski definition) is 2. The van der Waals surface area contributed by atoms with Crippen molar-refractivity contribution < 1.29 is 4.79 Å². The molecule has 6 nitrogen and oxygen atoms in total. The minimum Gasteiger partial charge on any atom is -0.381 e. The Morgan fingerprint density at radius 2 is 1.96 bits per heavy atom. The average Bonchev–Trinajstić information content (AvgIpc) is 3.36. The van der Waals surface area contributed by atoms with Crippen LogP contribution in [0.3, 0.4) is 0 Å². The van der Waals surface area contributed by atoms with Gasteiger partial charge in [-0.25, -0.2) is 9.67 Å². The van der Waals surface area contributed by atoms with E-state index >= 15 is 0 Å². The zero-order valence-electron chi connectivity index (χ0n) is 15.6. The van der Waals surface area contributed by atoms with Crippen LogP contribution in [0.4, 0.5) is 5.69 Å². The fraction of sp³-hybridized carbons (Fsp3) is 0.381. The van der Waals surface area contributed by atoms with Crippen LogP contribution in [0.25, 0.3) is 11.0 Å². The molecule has 2 heterocycles. The summed E-state index contributed by atoms with van der Waals surface area (Å²) in [7, 11) is 0. The molecule has 0 unspecified atom stereocenters. The number of aryl methyl sites for hydroxylation is 1. The normalized spacial score (nSPS) is 14.6. The van der Waals surface area contributed by atoms with Crippen molar-refractivity contribution in [2.45, 2.75) is 51.7 Å². The second-order valence-electron chi connectivity index (χ2n) is 7.04. The lowest BCUT2D eigenvalue weighted by Gasteiger charge is -2.18. The number of amides is 1. The number of benzene rings is 1. The van der Waals surface area contributed by atoms with Gasteiger partial charge in [0.1, 0.15) is 0 Å². The molecule has 1 aromatic carbocycles. The fourth-order valence-electron chi connectivity index (χ4n) is 3.73. The minimum atomic E-state index is -0.113. The molecule has 4 rings (SSSR count). The van der Waals surface area contributed by atoms with Crippen LogP contribution in [0, 0.1) is 0 Å². The SMILES string of the molecule is CCn1ncc2c(NC3CCCC3)c(C(=O)NCc3ccccc3)cnc21. The van der Waals surface area contributed by atoms with Gasteiger partial charge in [0.25, 0.3) is 5.91 Å². The van der Waals surface area contributed by atoms with Crippen molar-refractivity contribution in [2.24, 2.45) is 0 Å². The Bertz CT molecular complexity index is 928. The topological polar surface area (TPSA) is 71.8 Å². The molecule has 1 aliphatic rings. The van der Waals surface area contributed by atoms with Crippen LogP contribution in [0.2, 0.25) is 0 Å². The zero-order valence-corrected chi connectivity index (χ0v) is 15.6. The number of pyridine rings is 1. The summed E-state index contributed by atoms with van der Waals surface area (Å²) in [6.45, 7) is 3.28. The van der Waals surface area contributed by atoms with Gasteiger partial charge in [-0.3, -0.25) is 4.79 Å². The van der Waals surface area contributed by atoms with Crippen LogP contribution in [-0.4, -0.2) is 26.7 Å². The van der Waals surface area contributed by atoms with Crippen molar-refractivity contribution in [1.82, 2.24) is 20.1 Å². The van der Waals surface area contributed by atoms with Crippen molar-refractivity contribution >= 4 is 22.6 Å². The largest absolute Gasteiger partial charge is 0.381 e. The summed E-state index contributed by atoms with van der Waals surface area (Å²) in [5.41, 5.74) is 3.33. The minimum absolute atomic E-state index is 0.113. The molecule has 0 aliphatic heterocycles. The molecule has 2 N–H and O–H groups in total. The Hall–Kier alpha value is -2.89. The highest BCUT2D eigenvalue weighted by Gasteiger charge is 2.22. The number of nitrogens with one attached hydrogen (secondary N) is 2. The van der Waals surface area contributed by atoms with Crippen LogP contribution in [0.1, 0.15) is 48.5 Å². The molecule has 6 heteroatoms. The number of fused-ring (bicyclic) bond motifs is 1. The van der Waals surface area contributed by atoms with Crippen molar-refractivity contribution in [2.75, 3.05) is 5.32 Å². The van der Waals surface area contributed by atoms with Crippen molar-refractivity contribution in [3.8, 4) is 0 Å². The summed E-state index contributed by atoms with van der Waals surface area (Å²) in [5.74, 6) is -0.113. The van der Waals surface area contributed by atoms with Crippen molar-refractivity contribution in [3.05, 3.63) is 53.9 Å². The third-order valence-electron chi connectivity index (χ3n) is 5.21. The fourth-order valence-corrected chi connectivity index (χ4v) is 3.73. The Balaban J connectivity index is 1.64. The molecule has 0 atom stereocenters. The first-order valence-electron chi connectivity index (χ1n) is 9.69. The monoisotopic (exact) mass is 363 g/mol. The molecular weight excluding hydrogens is 338 g/mol.